The molecule has 0 aliphatic heterocycles. The molecule has 2 rings (SSSR count). The normalized spacial score (nSPS) is 11.3. The maximum absolute atomic E-state index is 12.9. The topological polar surface area (TPSA) is 64.6 Å². The highest BCUT2D eigenvalue weighted by Crippen LogP contribution is 2.25. The van der Waals surface area contributed by atoms with Crippen LogP contribution in [0.5, 0.6) is 11.5 Å². The van der Waals surface area contributed by atoms with E-state index < -0.39 is 15.8 Å². The molecule has 0 fully saturated rings. The van der Waals surface area contributed by atoms with Crippen molar-refractivity contribution in [3.8, 4) is 11.5 Å². The number of ether oxygens (including phenoxy) is 2. The molecule has 0 atom stereocenters. The van der Waals surface area contributed by atoms with E-state index in [1.165, 1.54) is 25.3 Å². The summed E-state index contributed by atoms with van der Waals surface area (Å²) in [5, 5.41) is 0.123. The number of rotatable bonds is 7. The van der Waals surface area contributed by atoms with E-state index in [-0.39, 0.29) is 34.6 Å². The zero-order chi connectivity index (χ0) is 17.7. The first-order valence-electron chi connectivity index (χ1n) is 7.05. The Bertz CT molecular complexity index is 827. The van der Waals surface area contributed by atoms with Gasteiger partial charge in [0.1, 0.15) is 28.8 Å². The fourth-order valence-electron chi connectivity index (χ4n) is 2.00. The van der Waals surface area contributed by atoms with E-state index in [0.29, 0.717) is 0 Å². The third kappa shape index (κ3) is 4.59. The third-order valence-electron chi connectivity index (χ3n) is 3.15. The summed E-state index contributed by atoms with van der Waals surface area (Å²) < 4.78 is 50.5. The molecular weight excluding hydrogens is 357 g/mol. The second kappa shape index (κ2) is 7.83. The molecule has 0 radical (unpaired) electrons. The van der Waals surface area contributed by atoms with E-state index in [2.05, 4.69) is 4.72 Å². The van der Waals surface area contributed by atoms with Crippen LogP contribution in [0.2, 0.25) is 5.02 Å². The van der Waals surface area contributed by atoms with Crippen molar-refractivity contribution in [2.24, 2.45) is 0 Å². The lowest BCUT2D eigenvalue weighted by atomic mass is 10.2. The Kier molecular flexibility index (Phi) is 6.04. The Balaban J connectivity index is 1.99. The van der Waals surface area contributed by atoms with Gasteiger partial charge in [0.25, 0.3) is 0 Å². The fraction of sp³-hybridized carbons (Fsp3) is 0.250. The van der Waals surface area contributed by atoms with Gasteiger partial charge in [-0.3, -0.25) is 0 Å². The zero-order valence-electron chi connectivity index (χ0n) is 13.2. The number of hydrogen-bond acceptors (Lipinski definition) is 4. The van der Waals surface area contributed by atoms with Gasteiger partial charge in [-0.2, -0.15) is 0 Å². The second-order valence-corrected chi connectivity index (χ2v) is 7.12. The van der Waals surface area contributed by atoms with Gasteiger partial charge in [-0.1, -0.05) is 17.7 Å². The van der Waals surface area contributed by atoms with Crippen molar-refractivity contribution in [2.45, 2.75) is 11.8 Å². The average Bonchev–Trinajstić information content (AvgIpc) is 2.53. The smallest absolute Gasteiger partial charge is 0.244 e. The molecule has 24 heavy (non-hydrogen) atoms. The Morgan fingerprint density at radius 3 is 2.54 bits per heavy atom. The molecule has 0 unspecified atom stereocenters. The number of halogens is 2. The number of sulfonamides is 1. The van der Waals surface area contributed by atoms with Gasteiger partial charge >= 0.3 is 0 Å². The Morgan fingerprint density at radius 1 is 1.17 bits per heavy atom. The molecule has 0 aromatic heterocycles. The molecule has 5 nitrogen and oxygen atoms in total. The summed E-state index contributed by atoms with van der Waals surface area (Å²) in [6.07, 6.45) is 0. The van der Waals surface area contributed by atoms with Gasteiger partial charge in [-0.25, -0.2) is 17.5 Å². The standard InChI is InChI=1S/C16H17ClFNO4S/c1-11-3-5-15(22-2)16(9-11)24(20,21)19-7-8-23-14-6-4-12(18)10-13(14)17/h3-6,9-10,19H,7-8H2,1-2H3. The molecule has 0 saturated carbocycles. The number of aryl methyl sites for hydroxylation is 1. The molecule has 0 aliphatic rings. The molecular formula is C16H17ClFNO4S. The summed E-state index contributed by atoms with van der Waals surface area (Å²) in [6.45, 7) is 1.85. The summed E-state index contributed by atoms with van der Waals surface area (Å²) in [5.41, 5.74) is 0.797. The highest BCUT2D eigenvalue weighted by atomic mass is 35.5. The van der Waals surface area contributed by atoms with Crippen LogP contribution in [0.3, 0.4) is 0 Å². The van der Waals surface area contributed by atoms with Gasteiger partial charge in [0.15, 0.2) is 0 Å². The quantitative estimate of drug-likeness (QED) is 0.757. The third-order valence-corrected chi connectivity index (χ3v) is 4.93. The average molecular weight is 374 g/mol. The summed E-state index contributed by atoms with van der Waals surface area (Å²) in [6, 6.07) is 8.60. The molecule has 0 bridgehead atoms. The maximum Gasteiger partial charge on any atom is 0.244 e. The van der Waals surface area contributed by atoms with Gasteiger partial charge in [-0.15, -0.1) is 0 Å². The molecule has 130 valence electrons. The Labute approximate surface area is 145 Å². The molecule has 0 aliphatic carbocycles. The van der Waals surface area contributed by atoms with Crippen molar-refractivity contribution in [3.63, 3.8) is 0 Å². The number of hydrogen-bond donors (Lipinski definition) is 1. The number of nitrogens with one attached hydrogen (secondary N) is 1. The van der Waals surface area contributed by atoms with Crippen molar-refractivity contribution in [1.82, 2.24) is 4.72 Å². The van der Waals surface area contributed by atoms with E-state index in [9.17, 15) is 12.8 Å². The lowest BCUT2D eigenvalue weighted by Crippen LogP contribution is -2.28. The largest absolute Gasteiger partial charge is 0.495 e. The van der Waals surface area contributed by atoms with Crippen LogP contribution in [0, 0.1) is 12.7 Å². The zero-order valence-corrected chi connectivity index (χ0v) is 14.7. The van der Waals surface area contributed by atoms with E-state index in [0.717, 1.165) is 11.6 Å². The molecule has 2 aromatic carbocycles. The van der Waals surface area contributed by atoms with E-state index in [1.54, 1.807) is 19.1 Å². The summed E-state index contributed by atoms with van der Waals surface area (Å²) in [5.74, 6) is 0.0700. The van der Waals surface area contributed by atoms with Gasteiger partial charge in [-0.05, 0) is 42.8 Å². The molecule has 0 saturated heterocycles. The summed E-state index contributed by atoms with van der Waals surface area (Å²) in [7, 11) is -2.34. The highest BCUT2D eigenvalue weighted by Gasteiger charge is 2.19. The van der Waals surface area contributed by atoms with Crippen LogP contribution < -0.4 is 14.2 Å². The maximum atomic E-state index is 12.9. The van der Waals surface area contributed by atoms with Crippen molar-refractivity contribution < 1.29 is 22.3 Å². The second-order valence-electron chi connectivity index (χ2n) is 4.98. The molecule has 0 amide bonds. The van der Waals surface area contributed by atoms with Crippen molar-refractivity contribution in [1.29, 1.82) is 0 Å². The molecule has 1 N–H and O–H groups in total. The fourth-order valence-corrected chi connectivity index (χ4v) is 3.49. The van der Waals surface area contributed by atoms with Gasteiger partial charge in [0, 0.05) is 6.54 Å². The van der Waals surface area contributed by atoms with E-state index >= 15 is 0 Å². The van der Waals surface area contributed by atoms with E-state index in [1.807, 2.05) is 0 Å². The highest BCUT2D eigenvalue weighted by molar-refractivity contribution is 7.89. The molecule has 8 heteroatoms. The van der Waals surface area contributed by atoms with Crippen molar-refractivity contribution >= 4 is 21.6 Å². The lowest BCUT2D eigenvalue weighted by molar-refractivity contribution is 0.322. The number of methoxy groups -OCH3 is 1. The van der Waals surface area contributed by atoms with E-state index in [4.69, 9.17) is 21.1 Å². The van der Waals surface area contributed by atoms with Gasteiger partial charge in [0.05, 0.1) is 12.1 Å². The van der Waals surface area contributed by atoms with Crippen LogP contribution in [-0.4, -0.2) is 28.7 Å². The first-order chi connectivity index (χ1) is 11.3. The van der Waals surface area contributed by atoms with Crippen molar-refractivity contribution in [3.05, 3.63) is 52.8 Å². The van der Waals surface area contributed by atoms with Gasteiger partial charge < -0.3 is 9.47 Å². The predicted octanol–water partition coefficient (Wildman–Crippen LogP) is 3.15. The minimum Gasteiger partial charge on any atom is -0.495 e. The SMILES string of the molecule is COc1ccc(C)cc1S(=O)(=O)NCCOc1ccc(F)cc1Cl. The molecule has 0 heterocycles. The van der Waals surface area contributed by atoms with Gasteiger partial charge in [0.2, 0.25) is 10.0 Å². The monoisotopic (exact) mass is 373 g/mol. The first kappa shape index (κ1) is 18.5. The van der Waals surface area contributed by atoms with Crippen LogP contribution in [-0.2, 0) is 10.0 Å². The Morgan fingerprint density at radius 2 is 1.88 bits per heavy atom. The van der Waals surface area contributed by atoms with Crippen molar-refractivity contribution in [2.75, 3.05) is 20.3 Å². The minimum absolute atomic E-state index is 0.0210. The summed E-state index contributed by atoms with van der Waals surface area (Å²) in [4.78, 5) is 0.0600. The van der Waals surface area contributed by atoms with Crippen LogP contribution in [0.25, 0.3) is 0 Å². The molecule has 0 spiro atoms. The number of benzene rings is 2. The summed E-state index contributed by atoms with van der Waals surface area (Å²) >= 11 is 5.83. The van der Waals surface area contributed by atoms with Crippen LogP contribution in [0.1, 0.15) is 5.56 Å². The van der Waals surface area contributed by atoms with Crippen LogP contribution >= 0.6 is 11.6 Å². The first-order valence-corrected chi connectivity index (χ1v) is 8.92. The minimum atomic E-state index is -3.74. The van der Waals surface area contributed by atoms with Crippen LogP contribution in [0.4, 0.5) is 4.39 Å². The lowest BCUT2D eigenvalue weighted by Gasteiger charge is -2.12. The van der Waals surface area contributed by atoms with Crippen LogP contribution in [0.15, 0.2) is 41.3 Å². The molecule has 2 aromatic rings. The predicted molar refractivity (Wildman–Crippen MR) is 89.8 cm³/mol. The Hall–Kier alpha value is -1.83.